The molecule has 0 aromatic heterocycles. The minimum atomic E-state index is -0.666. The summed E-state index contributed by atoms with van der Waals surface area (Å²) >= 11 is 0. The smallest absolute Gasteiger partial charge is 0.229 e. The predicted molar refractivity (Wildman–Crippen MR) is 166 cm³/mol. The number of Topliss-reactive ketones (excluding diaryl/α,β-unsaturated/α-hetero) is 1. The summed E-state index contributed by atoms with van der Waals surface area (Å²) in [6.45, 7) is 21.4. The molecule has 5 rings (SSSR count). The molecule has 0 aliphatic heterocycles. The summed E-state index contributed by atoms with van der Waals surface area (Å²) in [6, 6.07) is 2.20. The van der Waals surface area contributed by atoms with Gasteiger partial charge in [0.25, 0.3) is 0 Å². The van der Waals surface area contributed by atoms with Gasteiger partial charge in [-0.1, -0.05) is 74.0 Å². The van der Waals surface area contributed by atoms with Crippen LogP contribution in [-0.4, -0.2) is 35.5 Å². The summed E-state index contributed by atoms with van der Waals surface area (Å²) in [6.07, 6.45) is 12.0. The van der Waals surface area contributed by atoms with Crippen LogP contribution in [0.3, 0.4) is 0 Å². The van der Waals surface area contributed by atoms with Crippen molar-refractivity contribution in [3.05, 3.63) is 23.3 Å². The van der Waals surface area contributed by atoms with Crippen LogP contribution in [0, 0.1) is 61.6 Å². The monoisotopic (exact) mass is 574 g/mol. The maximum Gasteiger partial charge on any atom is 0.229 e. The Balaban J connectivity index is 1.67. The second-order valence-corrected chi connectivity index (χ2v) is 16.7. The molecule has 0 heterocycles. The molecule has 1 amide bonds. The van der Waals surface area contributed by atoms with Gasteiger partial charge >= 0.3 is 0 Å². The van der Waals surface area contributed by atoms with Crippen molar-refractivity contribution in [2.45, 2.75) is 120 Å². The van der Waals surface area contributed by atoms with Crippen LogP contribution in [0.4, 0.5) is 0 Å². The normalized spacial score (nSPS) is 41.7. The molecule has 0 aromatic rings. The number of ketones is 2. The van der Waals surface area contributed by atoms with Crippen LogP contribution in [0.25, 0.3) is 0 Å². The number of rotatable bonds is 5. The summed E-state index contributed by atoms with van der Waals surface area (Å²) in [5, 5.41) is 9.97. The van der Waals surface area contributed by atoms with Gasteiger partial charge in [0, 0.05) is 29.8 Å². The van der Waals surface area contributed by atoms with Crippen molar-refractivity contribution in [3.63, 3.8) is 0 Å². The maximum absolute atomic E-state index is 14.7. The quantitative estimate of drug-likeness (QED) is 0.335. The van der Waals surface area contributed by atoms with Crippen molar-refractivity contribution in [3.8, 4) is 6.07 Å². The first-order valence-electron chi connectivity index (χ1n) is 16.7. The van der Waals surface area contributed by atoms with E-state index in [1.165, 1.54) is 0 Å². The molecular weight excluding hydrogens is 520 g/mol. The van der Waals surface area contributed by atoms with Gasteiger partial charge in [0.05, 0.1) is 11.0 Å². The second-order valence-electron chi connectivity index (χ2n) is 16.7. The number of nitrogens with zero attached hydrogens (tertiary/aromatic N) is 2. The van der Waals surface area contributed by atoms with Gasteiger partial charge in [-0.15, -0.1) is 0 Å². The van der Waals surface area contributed by atoms with Gasteiger partial charge in [-0.2, -0.15) is 5.26 Å². The highest BCUT2D eigenvalue weighted by Gasteiger charge is 2.71. The first-order valence-corrected chi connectivity index (χ1v) is 16.7. The van der Waals surface area contributed by atoms with Crippen LogP contribution >= 0.6 is 0 Å². The Labute approximate surface area is 254 Å². The summed E-state index contributed by atoms with van der Waals surface area (Å²) in [7, 11) is 0. The Morgan fingerprint density at radius 3 is 2.17 bits per heavy atom. The first-order chi connectivity index (χ1) is 19.5. The van der Waals surface area contributed by atoms with E-state index in [1.807, 2.05) is 26.0 Å². The van der Waals surface area contributed by atoms with Gasteiger partial charge in [-0.25, -0.2) is 0 Å². The predicted octanol–water partition coefficient (Wildman–Crippen LogP) is 7.85. The summed E-state index contributed by atoms with van der Waals surface area (Å²) in [4.78, 5) is 44.8. The molecular formula is C37H54N2O3. The lowest BCUT2D eigenvalue weighted by Gasteiger charge is -2.69. The van der Waals surface area contributed by atoms with Crippen LogP contribution in [0.1, 0.15) is 120 Å². The SMILES string of the molecule is CCCN(CCC)C(=O)[C@]12CCC(C)(C)C[C@H]1[C@H]1C(=O)C=C3[C@@]4(C)C=C(C#N)C(=O)C(C)(C)[C@@H]4CC[C@@]3(C)[C@]1(C)CC2. The van der Waals surface area contributed by atoms with Crippen LogP contribution in [-0.2, 0) is 14.4 Å². The van der Waals surface area contributed by atoms with E-state index in [0.717, 1.165) is 76.5 Å². The lowest BCUT2D eigenvalue weighted by Crippen LogP contribution is -2.66. The molecule has 0 saturated heterocycles. The van der Waals surface area contributed by atoms with Crippen molar-refractivity contribution in [1.82, 2.24) is 4.90 Å². The third-order valence-electron chi connectivity index (χ3n) is 13.6. The molecule has 42 heavy (non-hydrogen) atoms. The van der Waals surface area contributed by atoms with Crippen LogP contribution < -0.4 is 0 Å². The number of nitriles is 1. The summed E-state index contributed by atoms with van der Waals surface area (Å²) in [5.41, 5.74) is -0.788. The van der Waals surface area contributed by atoms with Crippen LogP contribution in [0.2, 0.25) is 0 Å². The van der Waals surface area contributed by atoms with E-state index in [9.17, 15) is 19.6 Å². The van der Waals surface area contributed by atoms with E-state index >= 15 is 0 Å². The number of carbonyl (C=O) groups excluding carboxylic acids is 3. The van der Waals surface area contributed by atoms with Gasteiger partial charge in [0.15, 0.2) is 11.6 Å². The third-order valence-corrected chi connectivity index (χ3v) is 13.6. The van der Waals surface area contributed by atoms with Crippen molar-refractivity contribution < 1.29 is 14.4 Å². The zero-order valence-corrected chi connectivity index (χ0v) is 27.8. The Morgan fingerprint density at radius 1 is 0.952 bits per heavy atom. The van der Waals surface area contributed by atoms with Crippen LogP contribution in [0.5, 0.6) is 0 Å². The van der Waals surface area contributed by atoms with Crippen molar-refractivity contribution in [1.29, 1.82) is 5.26 Å². The fourth-order valence-electron chi connectivity index (χ4n) is 11.2. The van der Waals surface area contributed by atoms with E-state index in [2.05, 4.69) is 59.4 Å². The molecule has 5 aliphatic rings. The topological polar surface area (TPSA) is 78.2 Å². The van der Waals surface area contributed by atoms with Gasteiger partial charge in [0.1, 0.15) is 6.07 Å². The van der Waals surface area contributed by atoms with E-state index in [1.54, 1.807) is 0 Å². The zero-order chi connectivity index (χ0) is 31.1. The highest BCUT2D eigenvalue weighted by Crippen LogP contribution is 2.74. The molecule has 230 valence electrons. The Hall–Kier alpha value is -2.22. The average Bonchev–Trinajstić information content (AvgIpc) is 2.91. The number of allylic oxidation sites excluding steroid dienone is 4. The molecule has 5 nitrogen and oxygen atoms in total. The highest BCUT2D eigenvalue weighted by atomic mass is 16.2. The Bertz CT molecular complexity index is 1290. The second kappa shape index (κ2) is 9.90. The highest BCUT2D eigenvalue weighted by molar-refractivity contribution is 6.04. The molecule has 0 bridgehead atoms. The minimum absolute atomic E-state index is 0.0194. The summed E-state index contributed by atoms with van der Waals surface area (Å²) in [5.74, 6) is 0.252. The van der Waals surface area contributed by atoms with E-state index < -0.39 is 16.2 Å². The molecule has 5 heteroatoms. The number of amides is 1. The fourth-order valence-corrected chi connectivity index (χ4v) is 11.2. The van der Waals surface area contributed by atoms with Gasteiger partial charge < -0.3 is 4.90 Å². The molecule has 3 saturated carbocycles. The van der Waals surface area contributed by atoms with Crippen molar-refractivity contribution in [2.24, 2.45) is 50.2 Å². The number of fused-ring (bicyclic) bond motifs is 7. The molecule has 7 atom stereocenters. The molecule has 0 radical (unpaired) electrons. The number of hydrogen-bond donors (Lipinski definition) is 0. The number of hydrogen-bond acceptors (Lipinski definition) is 4. The lowest BCUT2D eigenvalue weighted by atomic mass is 9.34. The van der Waals surface area contributed by atoms with Crippen molar-refractivity contribution in [2.75, 3.05) is 13.1 Å². The van der Waals surface area contributed by atoms with Gasteiger partial charge in [-0.05, 0) is 91.9 Å². The van der Waals surface area contributed by atoms with Gasteiger partial charge in [-0.3, -0.25) is 14.4 Å². The molecule has 0 N–H and O–H groups in total. The first kappa shape index (κ1) is 31.2. The van der Waals surface area contributed by atoms with E-state index in [4.69, 9.17) is 0 Å². The lowest BCUT2D eigenvalue weighted by molar-refractivity contribution is -0.184. The van der Waals surface area contributed by atoms with E-state index in [-0.39, 0.29) is 51.1 Å². The largest absolute Gasteiger partial charge is 0.342 e. The van der Waals surface area contributed by atoms with Crippen molar-refractivity contribution >= 4 is 17.5 Å². The third kappa shape index (κ3) is 4.02. The maximum atomic E-state index is 14.7. The zero-order valence-electron chi connectivity index (χ0n) is 27.8. The molecule has 5 aliphatic carbocycles. The fraction of sp³-hybridized carbons (Fsp3) is 0.784. The average molecular weight is 575 g/mol. The standard InChI is InChI=1S/C37H54N2O3/c1-10-18-39(19-11-2)31(42)37-16-14-32(3,4)22-25(37)29-26(40)20-28-34(7)21-24(23-38)30(41)33(5,6)27(34)12-13-35(28,8)36(29,9)15-17-37/h20-21,25,27,29H,10-19,22H2,1-9H3/t25-,27-,29-,34-,35+,36+,37-/m0/s1. The van der Waals surface area contributed by atoms with E-state index in [0.29, 0.717) is 5.91 Å². The Kier molecular flexibility index (Phi) is 7.36. The molecule has 3 fully saturated rings. The Morgan fingerprint density at radius 2 is 1.57 bits per heavy atom. The minimum Gasteiger partial charge on any atom is -0.342 e. The molecule has 0 unspecified atom stereocenters. The molecule has 0 spiro atoms. The summed E-state index contributed by atoms with van der Waals surface area (Å²) < 4.78 is 0. The van der Waals surface area contributed by atoms with Gasteiger partial charge in [0.2, 0.25) is 5.91 Å². The van der Waals surface area contributed by atoms with Crippen LogP contribution in [0.15, 0.2) is 23.3 Å². The molecule has 0 aromatic carbocycles. The number of carbonyl (C=O) groups is 3.